The van der Waals surface area contributed by atoms with Crippen LogP contribution in [-0.4, -0.2) is 34.8 Å². The van der Waals surface area contributed by atoms with E-state index >= 15 is 0 Å². The summed E-state index contributed by atoms with van der Waals surface area (Å²) in [5.74, 6) is -0.758. The van der Waals surface area contributed by atoms with E-state index in [0.29, 0.717) is 11.4 Å². The van der Waals surface area contributed by atoms with Crippen LogP contribution in [0.3, 0.4) is 0 Å². The van der Waals surface area contributed by atoms with Crippen molar-refractivity contribution < 1.29 is 14.3 Å². The summed E-state index contributed by atoms with van der Waals surface area (Å²) < 4.78 is 6.99. The first-order valence-electron chi connectivity index (χ1n) is 9.08. The zero-order chi connectivity index (χ0) is 19.2. The second-order valence-electron chi connectivity index (χ2n) is 6.30. The van der Waals surface area contributed by atoms with Gasteiger partial charge in [0, 0.05) is 11.9 Å². The number of carbonyl (C=O) groups is 2. The van der Waals surface area contributed by atoms with Gasteiger partial charge in [0.1, 0.15) is 9.71 Å². The van der Waals surface area contributed by atoms with E-state index in [4.69, 9.17) is 4.74 Å². The monoisotopic (exact) mass is 385 g/mol. The predicted molar refractivity (Wildman–Crippen MR) is 107 cm³/mol. The number of hydrogen-bond acceptors (Lipinski definition) is 5. The van der Waals surface area contributed by atoms with Crippen LogP contribution in [0, 0.1) is 6.92 Å². The highest BCUT2D eigenvalue weighted by atomic mass is 32.1. The lowest BCUT2D eigenvalue weighted by molar-refractivity contribution is -0.124. The van der Waals surface area contributed by atoms with Crippen molar-refractivity contribution in [2.24, 2.45) is 0 Å². The fraction of sp³-hybridized carbons (Fsp3) is 0.350. The molecule has 0 saturated heterocycles. The molecule has 0 radical (unpaired) electrons. The lowest BCUT2D eigenvalue weighted by Gasteiger charge is -2.05. The summed E-state index contributed by atoms with van der Waals surface area (Å²) in [5, 5.41) is 8.23. The molecule has 1 amide bonds. The SMILES string of the molecule is CCCCCNC(=O)COC(=O)c1cc2c(C)nn(-c3ccccc3)c2s1. The maximum Gasteiger partial charge on any atom is 0.348 e. The van der Waals surface area contributed by atoms with E-state index in [-0.39, 0.29) is 12.5 Å². The number of thiophene rings is 1. The molecule has 142 valence electrons. The molecule has 0 bridgehead atoms. The standard InChI is InChI=1S/C20H23N3O3S/c1-3-4-8-11-21-18(24)13-26-20(25)17-12-16-14(2)22-23(19(16)27-17)15-9-6-5-7-10-15/h5-7,9-10,12H,3-4,8,11,13H2,1-2H3,(H,21,24). The first-order chi connectivity index (χ1) is 13.1. The van der Waals surface area contributed by atoms with Crippen LogP contribution in [0.1, 0.15) is 41.6 Å². The molecule has 7 heteroatoms. The fourth-order valence-corrected chi connectivity index (χ4v) is 3.82. The van der Waals surface area contributed by atoms with E-state index in [1.165, 1.54) is 11.3 Å². The van der Waals surface area contributed by atoms with Crippen LogP contribution >= 0.6 is 11.3 Å². The first-order valence-corrected chi connectivity index (χ1v) is 9.90. The van der Waals surface area contributed by atoms with Gasteiger partial charge >= 0.3 is 5.97 Å². The topological polar surface area (TPSA) is 73.2 Å². The van der Waals surface area contributed by atoms with Crippen molar-refractivity contribution in [3.63, 3.8) is 0 Å². The molecule has 0 spiro atoms. The van der Waals surface area contributed by atoms with E-state index in [2.05, 4.69) is 17.3 Å². The molecule has 0 saturated carbocycles. The van der Waals surface area contributed by atoms with Gasteiger partial charge < -0.3 is 10.1 Å². The van der Waals surface area contributed by atoms with Gasteiger partial charge in [0.25, 0.3) is 5.91 Å². The van der Waals surface area contributed by atoms with Crippen molar-refractivity contribution in [1.82, 2.24) is 15.1 Å². The summed E-state index contributed by atoms with van der Waals surface area (Å²) in [6, 6.07) is 11.5. The maximum atomic E-state index is 12.3. The third-order valence-electron chi connectivity index (χ3n) is 4.18. The van der Waals surface area contributed by atoms with Crippen molar-refractivity contribution in [3.8, 4) is 5.69 Å². The van der Waals surface area contributed by atoms with Gasteiger partial charge in [0.2, 0.25) is 0 Å². The minimum absolute atomic E-state index is 0.261. The second kappa shape index (κ2) is 8.81. The normalized spacial score (nSPS) is 10.9. The molecule has 6 nitrogen and oxygen atoms in total. The minimum Gasteiger partial charge on any atom is -0.451 e. The first kappa shape index (κ1) is 19.1. The van der Waals surface area contributed by atoms with Crippen molar-refractivity contribution in [1.29, 1.82) is 0 Å². The highest BCUT2D eigenvalue weighted by Crippen LogP contribution is 2.30. The lowest BCUT2D eigenvalue weighted by atomic mass is 10.2. The Bertz CT molecular complexity index is 931. The van der Waals surface area contributed by atoms with E-state index < -0.39 is 5.97 Å². The predicted octanol–water partition coefficient (Wildman–Crippen LogP) is 3.86. The van der Waals surface area contributed by atoms with E-state index in [1.54, 1.807) is 6.07 Å². The van der Waals surface area contributed by atoms with Crippen LogP contribution < -0.4 is 5.32 Å². The molecular formula is C20H23N3O3S. The summed E-state index contributed by atoms with van der Waals surface area (Å²) in [6.07, 6.45) is 3.10. The Morgan fingerprint density at radius 2 is 2.00 bits per heavy atom. The summed E-state index contributed by atoms with van der Waals surface area (Å²) >= 11 is 1.32. The number of nitrogens with one attached hydrogen (secondary N) is 1. The molecule has 0 unspecified atom stereocenters. The number of ether oxygens (including phenoxy) is 1. The van der Waals surface area contributed by atoms with Crippen LogP contribution in [0.5, 0.6) is 0 Å². The number of benzene rings is 1. The number of para-hydroxylation sites is 1. The number of fused-ring (bicyclic) bond motifs is 1. The van der Waals surface area contributed by atoms with Crippen molar-refractivity contribution in [3.05, 3.63) is 47.0 Å². The number of carbonyl (C=O) groups excluding carboxylic acids is 2. The minimum atomic E-state index is -0.487. The Labute approximate surface area is 162 Å². The van der Waals surface area contributed by atoms with Gasteiger partial charge in [0.15, 0.2) is 6.61 Å². The molecule has 27 heavy (non-hydrogen) atoms. The number of aryl methyl sites for hydroxylation is 1. The fourth-order valence-electron chi connectivity index (χ4n) is 2.75. The Balaban J connectivity index is 1.67. The second-order valence-corrected chi connectivity index (χ2v) is 7.33. The molecule has 0 aliphatic rings. The largest absolute Gasteiger partial charge is 0.451 e. The molecule has 0 aliphatic carbocycles. The zero-order valence-corrected chi connectivity index (χ0v) is 16.3. The van der Waals surface area contributed by atoms with E-state index in [1.807, 2.05) is 41.9 Å². The van der Waals surface area contributed by atoms with Crippen LogP contribution in [0.2, 0.25) is 0 Å². The molecule has 1 N–H and O–H groups in total. The van der Waals surface area contributed by atoms with Gasteiger partial charge in [0.05, 0.1) is 11.4 Å². The maximum absolute atomic E-state index is 12.3. The molecule has 1 aromatic carbocycles. The van der Waals surface area contributed by atoms with Crippen LogP contribution in [0.25, 0.3) is 15.9 Å². The molecule has 3 rings (SSSR count). The third-order valence-corrected chi connectivity index (χ3v) is 5.27. The summed E-state index contributed by atoms with van der Waals surface area (Å²) in [7, 11) is 0. The Hall–Kier alpha value is -2.67. The van der Waals surface area contributed by atoms with Crippen molar-refractivity contribution >= 4 is 33.4 Å². The quantitative estimate of drug-likeness (QED) is 0.472. The molecule has 0 aliphatic heterocycles. The average Bonchev–Trinajstić information content (AvgIpc) is 3.25. The van der Waals surface area contributed by atoms with Gasteiger partial charge in [-0.25, -0.2) is 9.48 Å². The molecule has 2 aromatic heterocycles. The van der Waals surface area contributed by atoms with Gasteiger partial charge in [-0.05, 0) is 31.5 Å². The van der Waals surface area contributed by atoms with Gasteiger partial charge in [-0.2, -0.15) is 5.10 Å². The van der Waals surface area contributed by atoms with Crippen LogP contribution in [0.15, 0.2) is 36.4 Å². The Morgan fingerprint density at radius 3 is 2.74 bits per heavy atom. The van der Waals surface area contributed by atoms with Crippen molar-refractivity contribution in [2.75, 3.05) is 13.2 Å². The van der Waals surface area contributed by atoms with Gasteiger partial charge in [-0.1, -0.05) is 38.0 Å². The van der Waals surface area contributed by atoms with Crippen LogP contribution in [0.4, 0.5) is 0 Å². The highest BCUT2D eigenvalue weighted by Gasteiger charge is 2.18. The molecule has 3 aromatic rings. The number of unbranched alkanes of at least 4 members (excludes halogenated alkanes) is 2. The number of nitrogens with zero attached hydrogens (tertiary/aromatic N) is 2. The molecule has 0 fully saturated rings. The number of amides is 1. The highest BCUT2D eigenvalue weighted by molar-refractivity contribution is 7.20. The summed E-state index contributed by atoms with van der Waals surface area (Å²) in [5.41, 5.74) is 1.78. The molecular weight excluding hydrogens is 362 g/mol. The number of esters is 1. The average molecular weight is 385 g/mol. The molecule has 0 atom stereocenters. The molecule has 2 heterocycles. The third kappa shape index (κ3) is 4.54. The number of aromatic nitrogens is 2. The Kier molecular flexibility index (Phi) is 6.24. The van der Waals surface area contributed by atoms with Gasteiger partial charge in [-0.15, -0.1) is 11.3 Å². The number of hydrogen-bond donors (Lipinski definition) is 1. The van der Waals surface area contributed by atoms with Crippen LogP contribution in [-0.2, 0) is 9.53 Å². The summed E-state index contributed by atoms with van der Waals surface area (Å²) in [6.45, 7) is 4.36. The summed E-state index contributed by atoms with van der Waals surface area (Å²) in [4.78, 5) is 25.4. The lowest BCUT2D eigenvalue weighted by Crippen LogP contribution is -2.29. The van der Waals surface area contributed by atoms with E-state index in [9.17, 15) is 9.59 Å². The zero-order valence-electron chi connectivity index (χ0n) is 15.5. The van der Waals surface area contributed by atoms with Gasteiger partial charge in [-0.3, -0.25) is 4.79 Å². The Morgan fingerprint density at radius 1 is 1.22 bits per heavy atom. The van der Waals surface area contributed by atoms with Crippen molar-refractivity contribution in [2.45, 2.75) is 33.1 Å². The number of rotatable bonds is 8. The smallest absolute Gasteiger partial charge is 0.348 e. The van der Waals surface area contributed by atoms with E-state index in [0.717, 1.165) is 40.9 Å².